The molecule has 1 amide bonds. The van der Waals surface area contributed by atoms with Gasteiger partial charge in [-0.15, -0.1) is 5.10 Å². The Labute approximate surface area is 184 Å². The fourth-order valence-corrected chi connectivity index (χ4v) is 4.50. The van der Waals surface area contributed by atoms with Crippen LogP contribution >= 0.6 is 11.6 Å². The maximum absolute atomic E-state index is 12.6. The summed E-state index contributed by atoms with van der Waals surface area (Å²) in [6.45, 7) is 0.469. The van der Waals surface area contributed by atoms with Gasteiger partial charge in [0.15, 0.2) is 9.84 Å². The number of fused-ring (bicyclic) bond motifs is 1. The normalized spacial score (nSPS) is 11.5. The molecule has 0 aliphatic heterocycles. The maximum atomic E-state index is 12.6. The molecule has 1 aromatic heterocycles. The van der Waals surface area contributed by atoms with Crippen LogP contribution in [-0.2, 0) is 21.2 Å². The minimum absolute atomic E-state index is 0.127. The maximum Gasteiger partial charge on any atom is 0.248 e. The third kappa shape index (κ3) is 5.28. The number of amides is 1. The molecule has 1 heterocycles. The smallest absolute Gasteiger partial charge is 0.248 e. The van der Waals surface area contributed by atoms with Crippen molar-refractivity contribution in [3.8, 4) is 0 Å². The molecule has 0 saturated heterocycles. The predicted molar refractivity (Wildman–Crippen MR) is 120 cm³/mol. The lowest BCUT2D eigenvalue weighted by molar-refractivity contribution is -0.115. The highest BCUT2D eigenvalue weighted by molar-refractivity contribution is 7.91. The van der Waals surface area contributed by atoms with E-state index in [1.54, 1.807) is 35.0 Å². The fraction of sp³-hybridized carbons (Fsp3) is 0.136. The van der Waals surface area contributed by atoms with Crippen molar-refractivity contribution in [2.24, 2.45) is 0 Å². The minimum atomic E-state index is -3.60. The third-order valence-electron chi connectivity index (χ3n) is 4.72. The van der Waals surface area contributed by atoms with E-state index in [1.807, 2.05) is 36.4 Å². The largest absolute Gasteiger partial charge is 0.293 e. The van der Waals surface area contributed by atoms with Crippen molar-refractivity contribution in [1.29, 1.82) is 0 Å². The number of hydrogen-bond acceptors (Lipinski definition) is 5. The van der Waals surface area contributed by atoms with Gasteiger partial charge in [0.05, 0.1) is 17.2 Å². The molecule has 31 heavy (non-hydrogen) atoms. The van der Waals surface area contributed by atoms with E-state index in [2.05, 4.69) is 15.4 Å². The second kappa shape index (κ2) is 8.87. The zero-order valence-electron chi connectivity index (χ0n) is 16.4. The molecule has 0 bridgehead atoms. The van der Waals surface area contributed by atoms with Crippen LogP contribution in [0.4, 0.5) is 5.95 Å². The predicted octanol–water partition coefficient (Wildman–Crippen LogP) is 3.94. The standard InChI is InChI=1S/C22H19ClN4O3S/c23-19-8-5-16(6-9-19)14-27-15-24-22(26-27)25-21(28)11-12-31(29,30)20-10-7-17-3-1-2-4-18(17)13-20/h1-10,13,15H,11-12,14H2,(H,25,26,28). The monoisotopic (exact) mass is 454 g/mol. The zero-order valence-corrected chi connectivity index (χ0v) is 18.0. The van der Waals surface area contributed by atoms with Gasteiger partial charge < -0.3 is 0 Å². The number of hydrogen-bond donors (Lipinski definition) is 1. The number of halogens is 1. The molecule has 0 fully saturated rings. The second-order valence-corrected chi connectivity index (χ2v) is 9.56. The molecule has 158 valence electrons. The number of rotatable bonds is 7. The second-order valence-electron chi connectivity index (χ2n) is 7.02. The van der Waals surface area contributed by atoms with Crippen molar-refractivity contribution in [1.82, 2.24) is 14.8 Å². The van der Waals surface area contributed by atoms with Crippen molar-refractivity contribution < 1.29 is 13.2 Å². The summed E-state index contributed by atoms with van der Waals surface area (Å²) in [5.41, 5.74) is 0.980. The number of nitrogens with zero attached hydrogens (tertiary/aromatic N) is 3. The molecule has 0 unspecified atom stereocenters. The number of carbonyl (C=O) groups is 1. The van der Waals surface area contributed by atoms with E-state index in [1.165, 1.54) is 6.33 Å². The highest BCUT2D eigenvalue weighted by Gasteiger charge is 2.17. The first kappa shape index (κ1) is 21.0. The molecule has 7 nitrogen and oxygen atoms in total. The SMILES string of the molecule is O=C(CCS(=O)(=O)c1ccc2ccccc2c1)Nc1ncn(Cc2ccc(Cl)cc2)n1. The lowest BCUT2D eigenvalue weighted by atomic mass is 10.1. The molecule has 4 aromatic rings. The Morgan fingerprint density at radius 1 is 1.00 bits per heavy atom. The third-order valence-corrected chi connectivity index (χ3v) is 6.69. The van der Waals surface area contributed by atoms with E-state index in [0.717, 1.165) is 16.3 Å². The Morgan fingerprint density at radius 2 is 1.74 bits per heavy atom. The van der Waals surface area contributed by atoms with Gasteiger partial charge in [-0.3, -0.25) is 10.1 Å². The summed E-state index contributed by atoms with van der Waals surface area (Å²) in [5.74, 6) is -0.640. The van der Waals surface area contributed by atoms with Crippen LogP contribution in [0.3, 0.4) is 0 Å². The highest BCUT2D eigenvalue weighted by atomic mass is 35.5. The molecule has 1 N–H and O–H groups in total. The molecule has 0 saturated carbocycles. The van der Waals surface area contributed by atoms with Crippen LogP contribution in [0.15, 0.2) is 78.0 Å². The van der Waals surface area contributed by atoms with Gasteiger partial charge in [0, 0.05) is 11.4 Å². The first-order valence-electron chi connectivity index (χ1n) is 9.54. The van der Waals surface area contributed by atoms with Gasteiger partial charge >= 0.3 is 0 Å². The van der Waals surface area contributed by atoms with Crippen molar-refractivity contribution in [3.05, 3.63) is 83.6 Å². The lowest BCUT2D eigenvalue weighted by Crippen LogP contribution is -2.18. The number of nitrogens with one attached hydrogen (secondary N) is 1. The first-order valence-corrected chi connectivity index (χ1v) is 11.6. The van der Waals surface area contributed by atoms with Crippen LogP contribution in [-0.4, -0.2) is 34.8 Å². The van der Waals surface area contributed by atoms with E-state index in [-0.39, 0.29) is 23.0 Å². The molecule has 0 aliphatic rings. The summed E-state index contributed by atoms with van der Waals surface area (Å²) in [6, 6.07) is 19.8. The molecule has 9 heteroatoms. The summed E-state index contributed by atoms with van der Waals surface area (Å²) in [7, 11) is -3.60. The zero-order chi connectivity index (χ0) is 21.8. The van der Waals surface area contributed by atoms with Crippen LogP contribution in [0.25, 0.3) is 10.8 Å². The van der Waals surface area contributed by atoms with Crippen molar-refractivity contribution >= 4 is 44.1 Å². The average molecular weight is 455 g/mol. The van der Waals surface area contributed by atoms with Gasteiger partial charge in [0.2, 0.25) is 11.9 Å². The van der Waals surface area contributed by atoms with Crippen LogP contribution < -0.4 is 5.32 Å². The van der Waals surface area contributed by atoms with Gasteiger partial charge in [-0.1, -0.05) is 54.1 Å². The highest BCUT2D eigenvalue weighted by Crippen LogP contribution is 2.20. The van der Waals surface area contributed by atoms with Gasteiger partial charge in [0.25, 0.3) is 0 Å². The molecule has 4 rings (SSSR count). The lowest BCUT2D eigenvalue weighted by Gasteiger charge is -2.06. The van der Waals surface area contributed by atoms with E-state index < -0.39 is 15.7 Å². The van der Waals surface area contributed by atoms with Gasteiger partial charge in [-0.05, 0) is 40.6 Å². The molecular formula is C22H19ClN4O3S. The Balaban J connectivity index is 1.35. The molecule has 0 atom stereocenters. The van der Waals surface area contributed by atoms with E-state index >= 15 is 0 Å². The Morgan fingerprint density at radius 3 is 2.52 bits per heavy atom. The van der Waals surface area contributed by atoms with Gasteiger partial charge in [-0.25, -0.2) is 18.1 Å². The summed E-state index contributed by atoms with van der Waals surface area (Å²) in [6.07, 6.45) is 1.30. The Kier molecular flexibility index (Phi) is 6.01. The summed E-state index contributed by atoms with van der Waals surface area (Å²) in [5, 5.41) is 9.18. The quantitative estimate of drug-likeness (QED) is 0.456. The fourth-order valence-electron chi connectivity index (χ4n) is 3.10. The van der Waals surface area contributed by atoms with E-state index in [0.29, 0.717) is 11.6 Å². The molecule has 3 aromatic carbocycles. The van der Waals surface area contributed by atoms with Crippen molar-refractivity contribution in [2.45, 2.75) is 17.9 Å². The molecule has 0 radical (unpaired) electrons. The Bertz CT molecular complexity index is 1330. The Hall–Kier alpha value is -3.23. The number of sulfone groups is 1. The van der Waals surface area contributed by atoms with Crippen LogP contribution in [0, 0.1) is 0 Å². The van der Waals surface area contributed by atoms with Crippen LogP contribution in [0.2, 0.25) is 5.02 Å². The van der Waals surface area contributed by atoms with Gasteiger partial charge in [-0.2, -0.15) is 0 Å². The topological polar surface area (TPSA) is 94.0 Å². The van der Waals surface area contributed by atoms with Crippen LogP contribution in [0.1, 0.15) is 12.0 Å². The molecule has 0 aliphatic carbocycles. The van der Waals surface area contributed by atoms with Crippen molar-refractivity contribution in [3.63, 3.8) is 0 Å². The minimum Gasteiger partial charge on any atom is -0.293 e. The first-order chi connectivity index (χ1) is 14.9. The number of benzene rings is 3. The summed E-state index contributed by atoms with van der Waals surface area (Å²) < 4.78 is 26.9. The average Bonchev–Trinajstić information content (AvgIpc) is 3.20. The number of aromatic nitrogens is 3. The summed E-state index contributed by atoms with van der Waals surface area (Å²) >= 11 is 5.88. The van der Waals surface area contributed by atoms with E-state index in [4.69, 9.17) is 11.6 Å². The number of carbonyl (C=O) groups excluding carboxylic acids is 1. The molecule has 0 spiro atoms. The van der Waals surface area contributed by atoms with E-state index in [9.17, 15) is 13.2 Å². The number of anilines is 1. The van der Waals surface area contributed by atoms with Crippen molar-refractivity contribution in [2.75, 3.05) is 11.1 Å². The molecular weight excluding hydrogens is 436 g/mol. The van der Waals surface area contributed by atoms with Gasteiger partial charge in [0.1, 0.15) is 6.33 Å². The summed E-state index contributed by atoms with van der Waals surface area (Å²) in [4.78, 5) is 16.5. The van der Waals surface area contributed by atoms with Crippen LogP contribution in [0.5, 0.6) is 0 Å².